The predicted molar refractivity (Wildman–Crippen MR) is 40.5 cm³/mol. The SMILES string of the molecule is CC1(C)[C@H]2C=C[C@H]1[C@@H](O)C2. The van der Waals surface area contributed by atoms with E-state index in [2.05, 4.69) is 26.0 Å². The van der Waals surface area contributed by atoms with Crippen LogP contribution < -0.4 is 0 Å². The Bertz CT molecular complexity index is 181. The molecule has 0 saturated heterocycles. The van der Waals surface area contributed by atoms with Gasteiger partial charge in [0.15, 0.2) is 0 Å². The van der Waals surface area contributed by atoms with Gasteiger partial charge in [0.25, 0.3) is 0 Å². The van der Waals surface area contributed by atoms with E-state index in [9.17, 15) is 5.11 Å². The first kappa shape index (κ1) is 6.41. The van der Waals surface area contributed by atoms with E-state index in [-0.39, 0.29) is 6.10 Å². The van der Waals surface area contributed by atoms with Crippen molar-refractivity contribution in [1.29, 1.82) is 0 Å². The zero-order valence-corrected chi connectivity index (χ0v) is 6.54. The summed E-state index contributed by atoms with van der Waals surface area (Å²) >= 11 is 0. The Morgan fingerprint density at radius 3 is 2.30 bits per heavy atom. The van der Waals surface area contributed by atoms with E-state index in [0.29, 0.717) is 17.3 Å². The molecule has 2 aliphatic rings. The molecule has 3 atom stereocenters. The minimum Gasteiger partial charge on any atom is -0.392 e. The lowest BCUT2D eigenvalue weighted by Crippen LogP contribution is -2.22. The maximum atomic E-state index is 9.50. The van der Waals surface area contributed by atoms with Gasteiger partial charge in [0, 0.05) is 5.92 Å². The van der Waals surface area contributed by atoms with E-state index in [0.717, 1.165) is 6.42 Å². The minimum atomic E-state index is -0.0648. The fourth-order valence-corrected chi connectivity index (χ4v) is 2.41. The van der Waals surface area contributed by atoms with Crippen molar-refractivity contribution < 1.29 is 5.11 Å². The molecule has 2 bridgehead atoms. The number of rotatable bonds is 0. The molecule has 1 saturated carbocycles. The molecule has 0 unspecified atom stereocenters. The molecule has 10 heavy (non-hydrogen) atoms. The van der Waals surface area contributed by atoms with Gasteiger partial charge in [-0.25, -0.2) is 0 Å². The van der Waals surface area contributed by atoms with Crippen molar-refractivity contribution in [2.24, 2.45) is 17.3 Å². The first-order valence-corrected chi connectivity index (χ1v) is 3.99. The first-order chi connectivity index (χ1) is 4.62. The number of aliphatic hydroxyl groups excluding tert-OH is 1. The van der Waals surface area contributed by atoms with Crippen LogP contribution in [0.1, 0.15) is 20.3 Å². The first-order valence-electron chi connectivity index (χ1n) is 3.99. The molecule has 2 aliphatic carbocycles. The van der Waals surface area contributed by atoms with E-state index in [1.807, 2.05) is 0 Å². The number of hydrogen-bond acceptors (Lipinski definition) is 1. The number of allylic oxidation sites excluding steroid dienone is 1. The molecular weight excluding hydrogens is 124 g/mol. The van der Waals surface area contributed by atoms with Crippen LogP contribution in [0.3, 0.4) is 0 Å². The van der Waals surface area contributed by atoms with Crippen molar-refractivity contribution in [3.05, 3.63) is 12.2 Å². The molecule has 0 amide bonds. The summed E-state index contributed by atoms with van der Waals surface area (Å²) in [6.45, 7) is 4.50. The lowest BCUT2D eigenvalue weighted by molar-refractivity contribution is 0.124. The summed E-state index contributed by atoms with van der Waals surface area (Å²) in [5.41, 5.74) is 0.333. The van der Waals surface area contributed by atoms with Gasteiger partial charge < -0.3 is 5.11 Å². The third-order valence-electron chi connectivity index (χ3n) is 3.28. The lowest BCUT2D eigenvalue weighted by atomic mass is 9.81. The Morgan fingerprint density at radius 2 is 2.10 bits per heavy atom. The van der Waals surface area contributed by atoms with Crippen LogP contribution in [0.25, 0.3) is 0 Å². The maximum absolute atomic E-state index is 9.50. The molecule has 0 aromatic carbocycles. The van der Waals surface area contributed by atoms with Gasteiger partial charge in [-0.1, -0.05) is 26.0 Å². The van der Waals surface area contributed by atoms with Crippen LogP contribution >= 0.6 is 0 Å². The summed E-state index contributed by atoms with van der Waals surface area (Å²) in [6, 6.07) is 0. The molecule has 1 fully saturated rings. The Morgan fingerprint density at radius 1 is 1.40 bits per heavy atom. The van der Waals surface area contributed by atoms with Crippen molar-refractivity contribution in [2.75, 3.05) is 0 Å². The van der Waals surface area contributed by atoms with Crippen molar-refractivity contribution in [3.8, 4) is 0 Å². The quantitative estimate of drug-likeness (QED) is 0.504. The molecule has 0 aromatic heterocycles. The highest BCUT2D eigenvalue weighted by atomic mass is 16.3. The van der Waals surface area contributed by atoms with Crippen LogP contribution in [0.5, 0.6) is 0 Å². The van der Waals surface area contributed by atoms with Crippen molar-refractivity contribution in [2.45, 2.75) is 26.4 Å². The molecule has 0 aromatic rings. The molecule has 1 nitrogen and oxygen atoms in total. The Labute approximate surface area is 61.8 Å². The minimum absolute atomic E-state index is 0.0648. The van der Waals surface area contributed by atoms with E-state index >= 15 is 0 Å². The number of hydrogen-bond donors (Lipinski definition) is 1. The summed E-state index contributed by atoms with van der Waals surface area (Å²) in [7, 11) is 0. The highest BCUT2D eigenvalue weighted by Crippen LogP contribution is 2.53. The van der Waals surface area contributed by atoms with Crippen LogP contribution in [0.2, 0.25) is 0 Å². The lowest BCUT2D eigenvalue weighted by Gasteiger charge is -2.24. The highest BCUT2D eigenvalue weighted by Gasteiger charge is 2.49. The van der Waals surface area contributed by atoms with E-state index < -0.39 is 0 Å². The average Bonchev–Trinajstić information content (AvgIpc) is 2.20. The van der Waals surface area contributed by atoms with Crippen LogP contribution in [0, 0.1) is 17.3 Å². The normalized spacial score (nSPS) is 48.5. The Hall–Kier alpha value is -0.300. The Balaban J connectivity index is 2.34. The molecule has 2 rings (SSSR count). The molecule has 56 valence electrons. The monoisotopic (exact) mass is 138 g/mol. The van der Waals surface area contributed by atoms with Crippen molar-refractivity contribution >= 4 is 0 Å². The van der Waals surface area contributed by atoms with Gasteiger partial charge in [-0.05, 0) is 17.8 Å². The molecule has 0 heterocycles. The third kappa shape index (κ3) is 0.567. The van der Waals surface area contributed by atoms with Crippen LogP contribution in [0.4, 0.5) is 0 Å². The standard InChI is InChI=1S/C9H14O/c1-9(2)6-3-4-7(9)8(10)5-6/h3-4,6-8,10H,5H2,1-2H3/t6-,7-,8-/m0/s1. The Kier molecular flexibility index (Phi) is 1.06. The molecule has 0 aliphatic heterocycles. The van der Waals surface area contributed by atoms with E-state index in [4.69, 9.17) is 0 Å². The van der Waals surface area contributed by atoms with Gasteiger partial charge in [0.05, 0.1) is 6.10 Å². The molecule has 0 spiro atoms. The highest BCUT2D eigenvalue weighted by molar-refractivity contribution is 5.18. The molecule has 1 N–H and O–H groups in total. The smallest absolute Gasteiger partial charge is 0.0613 e. The zero-order valence-electron chi connectivity index (χ0n) is 6.54. The van der Waals surface area contributed by atoms with Gasteiger partial charge >= 0.3 is 0 Å². The summed E-state index contributed by atoms with van der Waals surface area (Å²) < 4.78 is 0. The molecule has 1 heteroatoms. The topological polar surface area (TPSA) is 20.2 Å². The van der Waals surface area contributed by atoms with E-state index in [1.54, 1.807) is 0 Å². The summed E-state index contributed by atoms with van der Waals surface area (Å²) in [5.74, 6) is 1.06. The van der Waals surface area contributed by atoms with Crippen molar-refractivity contribution in [1.82, 2.24) is 0 Å². The van der Waals surface area contributed by atoms with Gasteiger partial charge in [-0.15, -0.1) is 0 Å². The summed E-state index contributed by atoms with van der Waals surface area (Å²) in [5, 5.41) is 9.50. The number of fused-ring (bicyclic) bond motifs is 2. The number of aliphatic hydroxyl groups is 1. The summed E-state index contributed by atoms with van der Waals surface area (Å²) in [4.78, 5) is 0. The van der Waals surface area contributed by atoms with E-state index in [1.165, 1.54) is 0 Å². The van der Waals surface area contributed by atoms with Crippen LogP contribution in [0.15, 0.2) is 12.2 Å². The average molecular weight is 138 g/mol. The second-order valence-electron chi connectivity index (χ2n) is 4.14. The van der Waals surface area contributed by atoms with Gasteiger partial charge in [-0.2, -0.15) is 0 Å². The van der Waals surface area contributed by atoms with Gasteiger partial charge in [0.1, 0.15) is 0 Å². The summed E-state index contributed by atoms with van der Waals surface area (Å²) in [6.07, 6.45) is 5.36. The third-order valence-corrected chi connectivity index (χ3v) is 3.28. The second kappa shape index (κ2) is 1.65. The second-order valence-corrected chi connectivity index (χ2v) is 4.14. The fourth-order valence-electron chi connectivity index (χ4n) is 2.41. The molecule has 0 radical (unpaired) electrons. The molecular formula is C9H14O. The maximum Gasteiger partial charge on any atom is 0.0613 e. The van der Waals surface area contributed by atoms with Crippen LogP contribution in [-0.2, 0) is 0 Å². The predicted octanol–water partition coefficient (Wildman–Crippen LogP) is 1.58. The zero-order chi connectivity index (χ0) is 7.35. The van der Waals surface area contributed by atoms with Crippen LogP contribution in [-0.4, -0.2) is 11.2 Å². The van der Waals surface area contributed by atoms with Gasteiger partial charge in [0.2, 0.25) is 0 Å². The largest absolute Gasteiger partial charge is 0.392 e. The van der Waals surface area contributed by atoms with Crippen molar-refractivity contribution in [3.63, 3.8) is 0 Å². The fraction of sp³-hybridized carbons (Fsp3) is 0.778. The van der Waals surface area contributed by atoms with Gasteiger partial charge in [-0.3, -0.25) is 0 Å².